The number of nitrogens with one attached hydrogen (secondary N) is 1. The summed E-state index contributed by atoms with van der Waals surface area (Å²) in [5.74, 6) is -0.00877. The van der Waals surface area contributed by atoms with E-state index in [1.165, 1.54) is 5.56 Å². The molecule has 0 saturated carbocycles. The van der Waals surface area contributed by atoms with E-state index in [2.05, 4.69) is 10.3 Å². The number of hydrogen-bond acceptors (Lipinski definition) is 4. The molecule has 152 valence electrons. The summed E-state index contributed by atoms with van der Waals surface area (Å²) < 4.78 is 0. The summed E-state index contributed by atoms with van der Waals surface area (Å²) in [7, 11) is 0. The van der Waals surface area contributed by atoms with Gasteiger partial charge in [0, 0.05) is 42.0 Å². The van der Waals surface area contributed by atoms with Crippen molar-refractivity contribution in [3.8, 4) is 0 Å². The highest BCUT2D eigenvalue weighted by atomic mass is 32.2. The van der Waals surface area contributed by atoms with Crippen LogP contribution >= 0.6 is 11.8 Å². The van der Waals surface area contributed by atoms with Gasteiger partial charge in [0.1, 0.15) is 0 Å². The fourth-order valence-corrected chi connectivity index (χ4v) is 4.19. The van der Waals surface area contributed by atoms with Crippen LogP contribution < -0.4 is 5.32 Å². The zero-order chi connectivity index (χ0) is 21.0. The zero-order valence-corrected chi connectivity index (χ0v) is 18.2. The molecule has 1 aliphatic rings. The van der Waals surface area contributed by atoms with E-state index in [-0.39, 0.29) is 11.8 Å². The number of aryl methyl sites for hydroxylation is 1. The second-order valence-electron chi connectivity index (χ2n) is 7.16. The number of pyridine rings is 1. The maximum Gasteiger partial charge on any atom is 0.252 e. The van der Waals surface area contributed by atoms with Crippen molar-refractivity contribution in [3.05, 3.63) is 70.1 Å². The number of fused-ring (bicyclic) bond motifs is 1. The standard InChI is InChI=1S/C23H27N3O2S/c1-5-15(2)23(28)26-11-10-18-17(14-26)12-24-16(3)20(18)13-25-22(27)19-8-6-7-9-21(19)29-4/h5-9,12H,10-11,13-14H2,1-4H3,(H,25,27). The van der Waals surface area contributed by atoms with Gasteiger partial charge in [0.25, 0.3) is 5.91 Å². The quantitative estimate of drug-likeness (QED) is 0.601. The minimum absolute atomic E-state index is 0.0715. The third kappa shape index (κ3) is 4.53. The monoisotopic (exact) mass is 409 g/mol. The first-order valence-corrected chi connectivity index (χ1v) is 11.0. The second-order valence-corrected chi connectivity index (χ2v) is 8.01. The molecule has 0 fully saturated rings. The van der Waals surface area contributed by atoms with E-state index in [4.69, 9.17) is 0 Å². The Balaban J connectivity index is 1.78. The van der Waals surface area contributed by atoms with E-state index in [0.717, 1.165) is 33.7 Å². The van der Waals surface area contributed by atoms with Crippen molar-refractivity contribution in [2.24, 2.45) is 0 Å². The van der Waals surface area contributed by atoms with Crippen molar-refractivity contribution >= 4 is 23.6 Å². The van der Waals surface area contributed by atoms with Crippen LogP contribution in [0.1, 0.15) is 46.6 Å². The van der Waals surface area contributed by atoms with Gasteiger partial charge in [-0.3, -0.25) is 14.6 Å². The van der Waals surface area contributed by atoms with Gasteiger partial charge < -0.3 is 10.2 Å². The van der Waals surface area contributed by atoms with Crippen molar-refractivity contribution in [2.45, 2.75) is 45.2 Å². The van der Waals surface area contributed by atoms with E-state index < -0.39 is 0 Å². The summed E-state index contributed by atoms with van der Waals surface area (Å²) in [4.78, 5) is 32.6. The summed E-state index contributed by atoms with van der Waals surface area (Å²) in [6.07, 6.45) is 6.45. The molecule has 0 unspecified atom stereocenters. The number of carbonyl (C=O) groups is 2. The molecule has 29 heavy (non-hydrogen) atoms. The third-order valence-corrected chi connectivity index (χ3v) is 6.23. The van der Waals surface area contributed by atoms with Crippen LogP contribution in [-0.2, 0) is 24.3 Å². The van der Waals surface area contributed by atoms with Crippen LogP contribution in [0.3, 0.4) is 0 Å². The predicted octanol–water partition coefficient (Wildman–Crippen LogP) is 3.89. The van der Waals surface area contributed by atoms with Gasteiger partial charge in [-0.15, -0.1) is 11.8 Å². The van der Waals surface area contributed by atoms with E-state index >= 15 is 0 Å². The average Bonchev–Trinajstić information content (AvgIpc) is 2.76. The zero-order valence-electron chi connectivity index (χ0n) is 17.4. The number of allylic oxidation sites excluding steroid dienone is 1. The van der Waals surface area contributed by atoms with Crippen molar-refractivity contribution in [3.63, 3.8) is 0 Å². The van der Waals surface area contributed by atoms with Gasteiger partial charge in [-0.2, -0.15) is 0 Å². The molecule has 0 radical (unpaired) electrons. The van der Waals surface area contributed by atoms with Gasteiger partial charge in [0.2, 0.25) is 5.91 Å². The van der Waals surface area contributed by atoms with Crippen LogP contribution in [0.4, 0.5) is 0 Å². The summed E-state index contributed by atoms with van der Waals surface area (Å²) >= 11 is 1.56. The first-order chi connectivity index (χ1) is 14.0. The molecule has 0 spiro atoms. The Morgan fingerprint density at radius 2 is 2.07 bits per heavy atom. The summed E-state index contributed by atoms with van der Waals surface area (Å²) in [5, 5.41) is 3.06. The number of thioether (sulfide) groups is 1. The number of benzene rings is 1. The SMILES string of the molecule is CC=C(C)C(=O)N1CCc2c(cnc(C)c2CNC(=O)c2ccccc2SC)C1. The Labute approximate surface area is 176 Å². The van der Waals surface area contributed by atoms with Gasteiger partial charge >= 0.3 is 0 Å². The molecule has 5 nitrogen and oxygen atoms in total. The van der Waals surface area contributed by atoms with Gasteiger partial charge in [0.15, 0.2) is 0 Å². The van der Waals surface area contributed by atoms with Gasteiger partial charge in [-0.05, 0) is 62.3 Å². The lowest BCUT2D eigenvalue weighted by atomic mass is 9.94. The van der Waals surface area contributed by atoms with Crippen molar-refractivity contribution in [2.75, 3.05) is 12.8 Å². The molecule has 2 aromatic rings. The minimum Gasteiger partial charge on any atom is -0.348 e. The highest BCUT2D eigenvalue weighted by molar-refractivity contribution is 7.98. The normalized spacial score (nSPS) is 13.8. The molecule has 6 heteroatoms. The molecule has 1 aliphatic heterocycles. The van der Waals surface area contributed by atoms with Crippen LogP contribution in [0.25, 0.3) is 0 Å². The summed E-state index contributed by atoms with van der Waals surface area (Å²) in [6, 6.07) is 7.62. The molecule has 0 aliphatic carbocycles. The van der Waals surface area contributed by atoms with Crippen LogP contribution in [0.5, 0.6) is 0 Å². The summed E-state index contributed by atoms with van der Waals surface area (Å²) in [5.41, 5.74) is 5.70. The average molecular weight is 410 g/mol. The van der Waals surface area contributed by atoms with Crippen LogP contribution in [-0.4, -0.2) is 34.5 Å². The Morgan fingerprint density at radius 3 is 2.79 bits per heavy atom. The molecule has 0 saturated heterocycles. The molecule has 0 atom stereocenters. The van der Waals surface area contributed by atoms with Crippen molar-refractivity contribution in [1.29, 1.82) is 0 Å². The van der Waals surface area contributed by atoms with Gasteiger partial charge in [0.05, 0.1) is 5.56 Å². The molecule has 2 heterocycles. The Kier molecular flexibility index (Phi) is 6.75. The lowest BCUT2D eigenvalue weighted by molar-refractivity contribution is -0.128. The lowest BCUT2D eigenvalue weighted by Gasteiger charge is -2.30. The Hall–Kier alpha value is -2.60. The van der Waals surface area contributed by atoms with Gasteiger partial charge in [-0.1, -0.05) is 18.2 Å². The first-order valence-electron chi connectivity index (χ1n) is 9.75. The number of nitrogens with zero attached hydrogens (tertiary/aromatic N) is 2. The smallest absolute Gasteiger partial charge is 0.252 e. The van der Waals surface area contributed by atoms with E-state index in [0.29, 0.717) is 25.2 Å². The summed E-state index contributed by atoms with van der Waals surface area (Å²) in [6.45, 7) is 7.37. The van der Waals surface area contributed by atoms with E-state index in [1.807, 2.05) is 68.5 Å². The molecule has 2 amide bonds. The number of carbonyl (C=O) groups excluding carboxylic acids is 2. The highest BCUT2D eigenvalue weighted by Crippen LogP contribution is 2.25. The predicted molar refractivity (Wildman–Crippen MR) is 117 cm³/mol. The fraction of sp³-hybridized carbons (Fsp3) is 0.348. The minimum atomic E-state index is -0.0803. The second kappa shape index (κ2) is 9.27. The van der Waals surface area contributed by atoms with Gasteiger partial charge in [-0.25, -0.2) is 0 Å². The Bertz CT molecular complexity index is 969. The fourth-order valence-electron chi connectivity index (χ4n) is 3.60. The number of hydrogen-bond donors (Lipinski definition) is 1. The Morgan fingerprint density at radius 1 is 1.31 bits per heavy atom. The van der Waals surface area contributed by atoms with Crippen LogP contribution in [0.15, 0.2) is 47.0 Å². The molecule has 1 aromatic heterocycles. The number of rotatable bonds is 5. The number of aromatic nitrogens is 1. The maximum absolute atomic E-state index is 12.7. The molecule has 0 bridgehead atoms. The van der Waals surface area contributed by atoms with Crippen molar-refractivity contribution in [1.82, 2.24) is 15.2 Å². The third-order valence-electron chi connectivity index (χ3n) is 5.43. The van der Waals surface area contributed by atoms with E-state index in [1.54, 1.807) is 11.8 Å². The number of amides is 2. The molecule has 1 N–H and O–H groups in total. The van der Waals surface area contributed by atoms with Crippen LogP contribution in [0.2, 0.25) is 0 Å². The van der Waals surface area contributed by atoms with Crippen molar-refractivity contribution < 1.29 is 9.59 Å². The topological polar surface area (TPSA) is 62.3 Å². The largest absolute Gasteiger partial charge is 0.348 e. The first kappa shape index (κ1) is 21.1. The highest BCUT2D eigenvalue weighted by Gasteiger charge is 2.24. The molecular formula is C23H27N3O2S. The molecule has 3 rings (SSSR count). The molecule has 1 aromatic carbocycles. The maximum atomic E-state index is 12.7. The van der Waals surface area contributed by atoms with E-state index in [9.17, 15) is 9.59 Å². The molecular weight excluding hydrogens is 382 g/mol. The van der Waals surface area contributed by atoms with Crippen LogP contribution in [0, 0.1) is 6.92 Å². The lowest BCUT2D eigenvalue weighted by Crippen LogP contribution is -2.37.